The molecule has 1 N–H and O–H groups in total. The molecule has 3 aromatic rings. The van der Waals surface area contributed by atoms with Crippen LogP contribution >= 0.6 is 15.9 Å². The molecule has 0 spiro atoms. The van der Waals surface area contributed by atoms with Crippen LogP contribution in [-0.4, -0.2) is 10.2 Å². The Morgan fingerprint density at radius 1 is 1.15 bits per heavy atom. The molecule has 0 amide bonds. The number of nitrogens with one attached hydrogen (secondary N) is 1. The number of halogens is 2. The summed E-state index contributed by atoms with van der Waals surface area (Å²) in [6, 6.07) is 12.2. The van der Waals surface area contributed by atoms with Gasteiger partial charge in [-0.05, 0) is 39.7 Å². The number of benzene rings is 2. The minimum absolute atomic E-state index is 0.216. The van der Waals surface area contributed by atoms with E-state index in [9.17, 15) is 9.18 Å². The second-order valence-electron chi connectivity index (χ2n) is 4.47. The Morgan fingerprint density at radius 3 is 2.65 bits per heavy atom. The van der Waals surface area contributed by atoms with Gasteiger partial charge in [0, 0.05) is 11.8 Å². The highest BCUT2D eigenvalue weighted by molar-refractivity contribution is 9.10. The van der Waals surface area contributed by atoms with Gasteiger partial charge in [0.2, 0.25) is 0 Å². The van der Waals surface area contributed by atoms with Gasteiger partial charge in [0.15, 0.2) is 0 Å². The highest BCUT2D eigenvalue weighted by Gasteiger charge is 2.08. The van der Waals surface area contributed by atoms with Gasteiger partial charge in [0.1, 0.15) is 5.82 Å². The fraction of sp³-hybridized carbons (Fsp3) is 0.0667. The monoisotopic (exact) mass is 332 g/mol. The average Bonchev–Trinajstić information content (AvgIpc) is 2.46. The molecule has 3 rings (SSSR count). The first-order chi connectivity index (χ1) is 9.65. The Bertz CT molecular complexity index is 845. The molecule has 0 radical (unpaired) electrons. The van der Waals surface area contributed by atoms with Crippen molar-refractivity contribution < 1.29 is 4.39 Å². The Hall–Kier alpha value is -2.01. The molecule has 0 fully saturated rings. The van der Waals surface area contributed by atoms with Crippen LogP contribution in [0.5, 0.6) is 0 Å². The van der Waals surface area contributed by atoms with Crippen molar-refractivity contribution in [1.82, 2.24) is 10.2 Å². The van der Waals surface area contributed by atoms with Crippen LogP contribution in [0.1, 0.15) is 11.3 Å². The van der Waals surface area contributed by atoms with E-state index in [1.54, 1.807) is 18.2 Å². The van der Waals surface area contributed by atoms with Crippen LogP contribution in [0.2, 0.25) is 0 Å². The second kappa shape index (κ2) is 5.17. The maximum absolute atomic E-state index is 13.5. The summed E-state index contributed by atoms with van der Waals surface area (Å²) in [5.74, 6) is -0.309. The highest BCUT2D eigenvalue weighted by Crippen LogP contribution is 2.20. The van der Waals surface area contributed by atoms with Crippen molar-refractivity contribution in [2.75, 3.05) is 0 Å². The lowest BCUT2D eigenvalue weighted by molar-refractivity contribution is 0.619. The summed E-state index contributed by atoms with van der Waals surface area (Å²) in [5, 5.41) is 7.95. The van der Waals surface area contributed by atoms with Gasteiger partial charge in [0.25, 0.3) is 5.56 Å². The number of hydrogen-bond donors (Lipinski definition) is 1. The molecule has 5 heteroatoms. The van der Waals surface area contributed by atoms with E-state index < -0.39 is 0 Å². The molecular formula is C15H10BrFN2O. The van der Waals surface area contributed by atoms with Crippen molar-refractivity contribution in [3.63, 3.8) is 0 Å². The smallest absolute Gasteiger partial charge is 0.267 e. The molecule has 0 unspecified atom stereocenters. The summed E-state index contributed by atoms with van der Waals surface area (Å²) in [6.45, 7) is 0. The lowest BCUT2D eigenvalue weighted by Gasteiger charge is -2.05. The van der Waals surface area contributed by atoms with Gasteiger partial charge in [-0.1, -0.05) is 24.3 Å². The molecule has 0 aliphatic carbocycles. The lowest BCUT2D eigenvalue weighted by atomic mass is 10.0. The third-order valence-electron chi connectivity index (χ3n) is 3.13. The summed E-state index contributed by atoms with van der Waals surface area (Å²) < 4.78 is 14.0. The fourth-order valence-corrected chi connectivity index (χ4v) is 2.40. The molecule has 0 aliphatic heterocycles. The van der Waals surface area contributed by atoms with Gasteiger partial charge in [-0.25, -0.2) is 9.49 Å². The fourth-order valence-electron chi connectivity index (χ4n) is 2.15. The number of aromatic nitrogens is 2. The van der Waals surface area contributed by atoms with Gasteiger partial charge < -0.3 is 0 Å². The first-order valence-corrected chi connectivity index (χ1v) is 6.84. The number of rotatable bonds is 2. The zero-order chi connectivity index (χ0) is 14.1. The largest absolute Gasteiger partial charge is 0.272 e. The van der Waals surface area contributed by atoms with E-state index in [0.717, 1.165) is 16.6 Å². The second-order valence-corrected chi connectivity index (χ2v) is 5.32. The van der Waals surface area contributed by atoms with E-state index in [1.807, 2.05) is 18.2 Å². The molecule has 0 atom stereocenters. The quantitative estimate of drug-likeness (QED) is 0.781. The third kappa shape index (κ3) is 2.36. The summed E-state index contributed by atoms with van der Waals surface area (Å²) >= 11 is 3.13. The van der Waals surface area contributed by atoms with Crippen LogP contribution in [0.3, 0.4) is 0 Å². The Morgan fingerprint density at radius 2 is 1.90 bits per heavy atom. The van der Waals surface area contributed by atoms with Crippen molar-refractivity contribution in [3.05, 3.63) is 74.4 Å². The summed E-state index contributed by atoms with van der Waals surface area (Å²) in [5.41, 5.74) is 1.31. The minimum atomic E-state index is -0.309. The van der Waals surface area contributed by atoms with Crippen molar-refractivity contribution in [2.24, 2.45) is 0 Å². The topological polar surface area (TPSA) is 45.8 Å². The highest BCUT2D eigenvalue weighted by atomic mass is 79.9. The number of hydrogen-bond acceptors (Lipinski definition) is 2. The summed E-state index contributed by atoms with van der Waals surface area (Å²) in [7, 11) is 0. The molecule has 0 aliphatic rings. The van der Waals surface area contributed by atoms with Crippen LogP contribution in [0, 0.1) is 5.82 Å². The SMILES string of the molecule is O=c1[nH]nc(Cc2ccc(Br)c(F)c2)c2ccccc12. The summed E-state index contributed by atoms with van der Waals surface area (Å²) in [6.07, 6.45) is 0.460. The van der Waals surface area contributed by atoms with E-state index in [2.05, 4.69) is 26.1 Å². The van der Waals surface area contributed by atoms with E-state index in [4.69, 9.17) is 0 Å². The van der Waals surface area contributed by atoms with Crippen LogP contribution in [0.15, 0.2) is 51.7 Å². The lowest BCUT2D eigenvalue weighted by Crippen LogP contribution is -2.11. The van der Waals surface area contributed by atoms with E-state index in [-0.39, 0.29) is 11.4 Å². The van der Waals surface area contributed by atoms with E-state index in [1.165, 1.54) is 6.07 Å². The van der Waals surface area contributed by atoms with Crippen LogP contribution < -0.4 is 5.56 Å². The maximum atomic E-state index is 13.5. The average molecular weight is 333 g/mol. The van der Waals surface area contributed by atoms with Crippen molar-refractivity contribution in [2.45, 2.75) is 6.42 Å². The van der Waals surface area contributed by atoms with Gasteiger partial charge in [-0.3, -0.25) is 4.79 Å². The normalized spacial score (nSPS) is 10.9. The van der Waals surface area contributed by atoms with Crippen molar-refractivity contribution >= 4 is 26.7 Å². The molecule has 3 nitrogen and oxygen atoms in total. The van der Waals surface area contributed by atoms with Crippen LogP contribution in [0.25, 0.3) is 10.8 Å². The van der Waals surface area contributed by atoms with Crippen molar-refractivity contribution in [3.8, 4) is 0 Å². The maximum Gasteiger partial charge on any atom is 0.272 e. The third-order valence-corrected chi connectivity index (χ3v) is 3.77. The summed E-state index contributed by atoms with van der Waals surface area (Å²) in [4.78, 5) is 11.7. The molecule has 0 saturated heterocycles. The van der Waals surface area contributed by atoms with E-state index in [0.29, 0.717) is 16.3 Å². The predicted molar refractivity (Wildman–Crippen MR) is 79.3 cm³/mol. The Balaban J connectivity index is 2.09. The van der Waals surface area contributed by atoms with E-state index >= 15 is 0 Å². The molecule has 20 heavy (non-hydrogen) atoms. The number of aromatic amines is 1. The molecule has 0 saturated carbocycles. The number of nitrogens with zero attached hydrogens (tertiary/aromatic N) is 1. The predicted octanol–water partition coefficient (Wildman–Crippen LogP) is 3.42. The molecule has 1 heterocycles. The first-order valence-electron chi connectivity index (χ1n) is 6.05. The van der Waals surface area contributed by atoms with Crippen LogP contribution in [-0.2, 0) is 6.42 Å². The Labute approximate surface area is 122 Å². The molecule has 1 aromatic heterocycles. The van der Waals surface area contributed by atoms with Crippen LogP contribution in [0.4, 0.5) is 4.39 Å². The zero-order valence-corrected chi connectivity index (χ0v) is 11.9. The number of H-pyrrole nitrogens is 1. The zero-order valence-electron chi connectivity index (χ0n) is 10.4. The van der Waals surface area contributed by atoms with Crippen molar-refractivity contribution in [1.29, 1.82) is 0 Å². The van der Waals surface area contributed by atoms with Gasteiger partial charge >= 0.3 is 0 Å². The minimum Gasteiger partial charge on any atom is -0.267 e. The molecular weight excluding hydrogens is 323 g/mol. The molecule has 0 bridgehead atoms. The Kier molecular flexibility index (Phi) is 3.36. The molecule has 100 valence electrons. The molecule has 2 aromatic carbocycles. The first kappa shape index (κ1) is 13.0. The standard InChI is InChI=1S/C15H10BrFN2O/c16-12-6-5-9(7-13(12)17)8-14-10-3-1-2-4-11(10)15(20)19-18-14/h1-7H,8H2,(H,19,20). The number of fused-ring (bicyclic) bond motifs is 1. The van der Waals surface area contributed by atoms with Gasteiger partial charge in [-0.15, -0.1) is 0 Å². The van der Waals surface area contributed by atoms with Gasteiger partial charge in [-0.2, -0.15) is 5.10 Å². The van der Waals surface area contributed by atoms with Gasteiger partial charge in [0.05, 0.1) is 15.6 Å².